The minimum atomic E-state index is -0.261. The maximum Gasteiger partial charge on any atom is 0.310 e. The molecule has 0 atom stereocenters. The van der Waals surface area contributed by atoms with Gasteiger partial charge < -0.3 is 19.6 Å². The third-order valence-electron chi connectivity index (χ3n) is 5.91. The van der Waals surface area contributed by atoms with Gasteiger partial charge in [-0.2, -0.15) is 0 Å². The fourth-order valence-electron chi connectivity index (χ4n) is 4.42. The molecule has 0 spiro atoms. The van der Waals surface area contributed by atoms with Gasteiger partial charge in [0.1, 0.15) is 17.9 Å². The monoisotopic (exact) mass is 457 g/mol. The highest BCUT2D eigenvalue weighted by atomic mass is 16.5. The normalized spacial score (nSPS) is 11.2. The summed E-state index contributed by atoms with van der Waals surface area (Å²) < 4.78 is 17.4. The minimum Gasteiger partial charge on any atom is -0.489 e. The van der Waals surface area contributed by atoms with Gasteiger partial charge in [-0.25, -0.2) is 0 Å². The molecule has 5 nitrogen and oxygen atoms in total. The molecule has 0 saturated heterocycles. The highest BCUT2D eigenvalue weighted by molar-refractivity contribution is 5.96. The highest BCUT2D eigenvalue weighted by Crippen LogP contribution is 2.38. The fraction of sp³-hybridized carbons (Fsp3) is 0.276. The summed E-state index contributed by atoms with van der Waals surface area (Å²) in [6.45, 7) is 7.37. The predicted molar refractivity (Wildman–Crippen MR) is 135 cm³/mol. The Morgan fingerprint density at radius 3 is 2.62 bits per heavy atom. The van der Waals surface area contributed by atoms with Crippen LogP contribution in [0.5, 0.6) is 5.75 Å². The molecule has 1 aromatic heterocycles. The number of fused-ring (bicyclic) bond motifs is 1. The summed E-state index contributed by atoms with van der Waals surface area (Å²) in [6, 6.07) is 20.0. The van der Waals surface area contributed by atoms with Gasteiger partial charge in [0.05, 0.1) is 19.3 Å². The molecule has 0 aliphatic carbocycles. The molecule has 34 heavy (non-hydrogen) atoms. The summed E-state index contributed by atoms with van der Waals surface area (Å²) in [5.41, 5.74) is 13.0. The Morgan fingerprint density at radius 2 is 1.85 bits per heavy atom. The van der Waals surface area contributed by atoms with Gasteiger partial charge in [-0.3, -0.25) is 4.79 Å². The lowest BCUT2D eigenvalue weighted by atomic mass is 9.89. The molecule has 0 fully saturated rings. The molecule has 0 radical (unpaired) electrons. The van der Waals surface area contributed by atoms with Crippen molar-refractivity contribution in [3.05, 3.63) is 89.2 Å². The number of hydrogen-bond acceptors (Lipinski definition) is 5. The predicted octanol–water partition coefficient (Wildman–Crippen LogP) is 6.37. The van der Waals surface area contributed by atoms with Gasteiger partial charge in [-0.15, -0.1) is 0 Å². The number of benzene rings is 3. The first-order chi connectivity index (χ1) is 16.5. The summed E-state index contributed by atoms with van der Waals surface area (Å²) in [7, 11) is 0. The van der Waals surface area contributed by atoms with E-state index in [-0.39, 0.29) is 18.3 Å². The molecule has 4 rings (SSSR count). The van der Waals surface area contributed by atoms with Gasteiger partial charge in [0.15, 0.2) is 0 Å². The maximum absolute atomic E-state index is 12.1. The molecule has 0 aliphatic rings. The highest BCUT2D eigenvalue weighted by Gasteiger charge is 2.19. The lowest BCUT2D eigenvalue weighted by molar-refractivity contribution is -0.142. The van der Waals surface area contributed by atoms with Crippen molar-refractivity contribution in [2.45, 2.75) is 46.3 Å². The Hall–Kier alpha value is -3.57. The number of hydrogen-bond donors (Lipinski definition) is 1. The third-order valence-corrected chi connectivity index (χ3v) is 5.91. The van der Waals surface area contributed by atoms with Crippen molar-refractivity contribution in [2.24, 2.45) is 5.73 Å². The first-order valence-corrected chi connectivity index (χ1v) is 11.7. The molecule has 0 unspecified atom stereocenters. The number of ether oxygens (including phenoxy) is 2. The maximum atomic E-state index is 12.1. The molecule has 0 amide bonds. The Balaban J connectivity index is 1.73. The molecule has 1 heterocycles. The van der Waals surface area contributed by atoms with E-state index in [4.69, 9.17) is 19.6 Å². The topological polar surface area (TPSA) is 74.7 Å². The molecule has 0 bridgehead atoms. The molecule has 2 N–H and O–H groups in total. The molecule has 176 valence electrons. The zero-order chi connectivity index (χ0) is 24.1. The first kappa shape index (κ1) is 23.6. The molecular formula is C29H31NO4. The molecule has 3 aromatic carbocycles. The van der Waals surface area contributed by atoms with Gasteiger partial charge in [0.2, 0.25) is 0 Å². The van der Waals surface area contributed by atoms with E-state index in [1.807, 2.05) is 42.5 Å². The van der Waals surface area contributed by atoms with E-state index in [9.17, 15) is 4.79 Å². The Kier molecular flexibility index (Phi) is 7.33. The zero-order valence-corrected chi connectivity index (χ0v) is 20.0. The smallest absolute Gasteiger partial charge is 0.310 e. The standard InChI is InChI=1S/C29H31NO4/c1-4-32-27(31)16-22-9-5-6-11-26(22)34-18-23-15-25(21-10-7-8-20(14-21)17-30)29-24(12-13-33-29)28(23)19(2)3/h5-15,19H,4,16-18,30H2,1-3H3. The zero-order valence-electron chi connectivity index (χ0n) is 20.0. The lowest BCUT2D eigenvalue weighted by Crippen LogP contribution is -2.09. The summed E-state index contributed by atoms with van der Waals surface area (Å²) in [5, 5.41) is 1.09. The Labute approximate surface area is 200 Å². The molecule has 0 aliphatic heterocycles. The summed E-state index contributed by atoms with van der Waals surface area (Å²) in [5.74, 6) is 0.699. The van der Waals surface area contributed by atoms with E-state index in [0.29, 0.717) is 25.5 Å². The van der Waals surface area contributed by atoms with Crippen LogP contribution in [0.1, 0.15) is 48.9 Å². The fourth-order valence-corrected chi connectivity index (χ4v) is 4.42. The number of esters is 1. The first-order valence-electron chi connectivity index (χ1n) is 11.7. The number of rotatable bonds is 9. The molecular weight excluding hydrogens is 426 g/mol. The van der Waals surface area contributed by atoms with Crippen LogP contribution in [0.2, 0.25) is 0 Å². The van der Waals surface area contributed by atoms with Crippen LogP contribution in [-0.4, -0.2) is 12.6 Å². The van der Waals surface area contributed by atoms with Crippen molar-refractivity contribution in [3.8, 4) is 16.9 Å². The Morgan fingerprint density at radius 1 is 1.03 bits per heavy atom. The second-order valence-corrected chi connectivity index (χ2v) is 8.60. The van der Waals surface area contributed by atoms with E-state index in [2.05, 4.69) is 32.0 Å². The van der Waals surface area contributed by atoms with Crippen molar-refractivity contribution >= 4 is 16.9 Å². The van der Waals surface area contributed by atoms with Crippen LogP contribution in [0.25, 0.3) is 22.1 Å². The van der Waals surface area contributed by atoms with Crippen LogP contribution in [-0.2, 0) is 29.1 Å². The van der Waals surface area contributed by atoms with Gasteiger partial charge in [0, 0.05) is 23.1 Å². The second kappa shape index (κ2) is 10.6. The van der Waals surface area contributed by atoms with Crippen LogP contribution in [0.15, 0.2) is 71.3 Å². The largest absolute Gasteiger partial charge is 0.489 e. The van der Waals surface area contributed by atoms with E-state index in [1.165, 1.54) is 5.56 Å². The third kappa shape index (κ3) is 5.00. The number of carbonyl (C=O) groups excluding carboxylic acids is 1. The van der Waals surface area contributed by atoms with Crippen molar-refractivity contribution < 1.29 is 18.7 Å². The minimum absolute atomic E-state index is 0.180. The van der Waals surface area contributed by atoms with Crippen LogP contribution in [0.4, 0.5) is 0 Å². The van der Waals surface area contributed by atoms with E-state index in [1.54, 1.807) is 13.2 Å². The van der Waals surface area contributed by atoms with Crippen molar-refractivity contribution in [1.82, 2.24) is 0 Å². The van der Waals surface area contributed by atoms with Crippen molar-refractivity contribution in [1.29, 1.82) is 0 Å². The van der Waals surface area contributed by atoms with Crippen LogP contribution >= 0.6 is 0 Å². The van der Waals surface area contributed by atoms with Crippen molar-refractivity contribution in [3.63, 3.8) is 0 Å². The van der Waals surface area contributed by atoms with Crippen LogP contribution in [0, 0.1) is 0 Å². The molecule has 4 aromatic rings. The van der Waals surface area contributed by atoms with E-state index >= 15 is 0 Å². The van der Waals surface area contributed by atoms with Crippen LogP contribution in [0.3, 0.4) is 0 Å². The van der Waals surface area contributed by atoms with Crippen LogP contribution < -0.4 is 10.5 Å². The number of furan rings is 1. The number of nitrogens with two attached hydrogens (primary N) is 1. The summed E-state index contributed by atoms with van der Waals surface area (Å²) in [4.78, 5) is 12.1. The average molecular weight is 458 g/mol. The quantitative estimate of drug-likeness (QED) is 0.296. The van der Waals surface area contributed by atoms with E-state index < -0.39 is 0 Å². The van der Waals surface area contributed by atoms with Gasteiger partial charge >= 0.3 is 5.97 Å². The SMILES string of the molecule is CCOC(=O)Cc1ccccc1OCc1cc(-c2cccc(CN)c2)c2occc2c1C(C)C. The average Bonchev–Trinajstić information content (AvgIpc) is 3.32. The van der Waals surface area contributed by atoms with Gasteiger partial charge in [0.25, 0.3) is 0 Å². The number of para-hydroxylation sites is 1. The second-order valence-electron chi connectivity index (χ2n) is 8.60. The number of carbonyl (C=O) groups is 1. The summed E-state index contributed by atoms with van der Waals surface area (Å²) in [6.07, 6.45) is 1.92. The van der Waals surface area contributed by atoms with Crippen molar-refractivity contribution in [2.75, 3.05) is 6.61 Å². The summed E-state index contributed by atoms with van der Waals surface area (Å²) >= 11 is 0. The van der Waals surface area contributed by atoms with E-state index in [0.717, 1.165) is 38.8 Å². The molecule has 0 saturated carbocycles. The lowest BCUT2D eigenvalue weighted by Gasteiger charge is -2.18. The Bertz CT molecular complexity index is 1290. The molecule has 5 heteroatoms. The van der Waals surface area contributed by atoms with Gasteiger partial charge in [-0.1, -0.05) is 50.2 Å². The van der Waals surface area contributed by atoms with Gasteiger partial charge in [-0.05, 0) is 59.4 Å².